The minimum absolute atomic E-state index is 0.264. The highest BCUT2D eigenvalue weighted by Gasteiger charge is 2.25. The Morgan fingerprint density at radius 2 is 2.19 bits per heavy atom. The van der Waals surface area contributed by atoms with Crippen LogP contribution < -0.4 is 5.73 Å². The number of nitrogens with zero attached hydrogens (tertiary/aromatic N) is 2. The van der Waals surface area contributed by atoms with E-state index in [9.17, 15) is 4.79 Å². The molecule has 0 aromatic heterocycles. The molecule has 4 heteroatoms. The van der Waals surface area contributed by atoms with Crippen LogP contribution in [-0.2, 0) is 4.79 Å². The first-order valence-electron chi connectivity index (χ1n) is 6.30. The Morgan fingerprint density at radius 3 is 2.69 bits per heavy atom. The van der Waals surface area contributed by atoms with Crippen LogP contribution in [0.3, 0.4) is 0 Å². The van der Waals surface area contributed by atoms with Crippen molar-refractivity contribution in [2.75, 3.05) is 32.7 Å². The summed E-state index contributed by atoms with van der Waals surface area (Å²) in [7, 11) is 0. The van der Waals surface area contributed by atoms with Crippen molar-refractivity contribution < 1.29 is 4.79 Å². The van der Waals surface area contributed by atoms with Gasteiger partial charge in [0, 0.05) is 32.1 Å². The zero-order valence-electron chi connectivity index (χ0n) is 10.8. The molecule has 0 aliphatic carbocycles. The number of piperazine rings is 1. The fourth-order valence-corrected chi connectivity index (χ4v) is 2.20. The maximum Gasteiger partial charge on any atom is 0.222 e. The topological polar surface area (TPSA) is 49.6 Å². The molecule has 1 amide bonds. The number of carbonyl (C=O) groups is 1. The largest absolute Gasteiger partial charge is 0.340 e. The zero-order chi connectivity index (χ0) is 12.1. The minimum Gasteiger partial charge on any atom is -0.340 e. The van der Waals surface area contributed by atoms with Gasteiger partial charge in [0.25, 0.3) is 0 Å². The molecule has 4 nitrogen and oxygen atoms in total. The maximum atomic E-state index is 12.0. The van der Waals surface area contributed by atoms with Gasteiger partial charge in [0.1, 0.15) is 0 Å². The Morgan fingerprint density at radius 1 is 1.50 bits per heavy atom. The molecule has 2 N–H and O–H groups in total. The molecule has 0 radical (unpaired) electrons. The second-order valence-corrected chi connectivity index (χ2v) is 4.86. The van der Waals surface area contributed by atoms with E-state index >= 15 is 0 Å². The van der Waals surface area contributed by atoms with Gasteiger partial charge in [-0.25, -0.2) is 0 Å². The lowest BCUT2D eigenvalue weighted by molar-refractivity contribution is -0.134. The molecule has 1 aliphatic rings. The maximum absolute atomic E-state index is 12.0. The van der Waals surface area contributed by atoms with E-state index in [0.717, 1.165) is 26.2 Å². The zero-order valence-corrected chi connectivity index (χ0v) is 10.8. The van der Waals surface area contributed by atoms with Gasteiger partial charge < -0.3 is 10.6 Å². The highest BCUT2D eigenvalue weighted by molar-refractivity contribution is 5.76. The van der Waals surface area contributed by atoms with Crippen molar-refractivity contribution in [2.24, 2.45) is 11.7 Å². The SMILES string of the molecule is CCN1CCN(C(=O)CC(C)CN)CC1C. The van der Waals surface area contributed by atoms with Gasteiger partial charge in [-0.05, 0) is 25.9 Å². The highest BCUT2D eigenvalue weighted by Crippen LogP contribution is 2.12. The summed E-state index contributed by atoms with van der Waals surface area (Å²) in [5.74, 6) is 0.563. The van der Waals surface area contributed by atoms with E-state index in [-0.39, 0.29) is 5.91 Å². The van der Waals surface area contributed by atoms with Gasteiger partial charge >= 0.3 is 0 Å². The minimum atomic E-state index is 0.264. The second kappa shape index (κ2) is 6.21. The van der Waals surface area contributed by atoms with Gasteiger partial charge in [-0.2, -0.15) is 0 Å². The fraction of sp³-hybridized carbons (Fsp3) is 0.917. The van der Waals surface area contributed by atoms with E-state index < -0.39 is 0 Å². The Kier molecular flexibility index (Phi) is 5.22. The van der Waals surface area contributed by atoms with Gasteiger partial charge in [-0.15, -0.1) is 0 Å². The number of carbonyl (C=O) groups excluding carboxylic acids is 1. The van der Waals surface area contributed by atoms with Crippen molar-refractivity contribution in [3.8, 4) is 0 Å². The number of likely N-dealkylation sites (N-methyl/N-ethyl adjacent to an activating group) is 1. The molecule has 1 fully saturated rings. The third-order valence-corrected chi connectivity index (χ3v) is 3.45. The van der Waals surface area contributed by atoms with Crippen LogP contribution in [0.4, 0.5) is 0 Å². The lowest BCUT2D eigenvalue weighted by Gasteiger charge is -2.39. The van der Waals surface area contributed by atoms with Crippen LogP contribution in [-0.4, -0.2) is 54.5 Å². The van der Waals surface area contributed by atoms with Crippen molar-refractivity contribution >= 4 is 5.91 Å². The van der Waals surface area contributed by atoms with E-state index in [1.54, 1.807) is 0 Å². The molecular weight excluding hydrogens is 202 g/mol. The standard InChI is InChI=1S/C12H25N3O/c1-4-14-5-6-15(9-11(14)3)12(16)7-10(2)8-13/h10-11H,4-9,13H2,1-3H3. The van der Waals surface area contributed by atoms with E-state index in [0.29, 0.717) is 24.9 Å². The van der Waals surface area contributed by atoms with Gasteiger partial charge in [-0.1, -0.05) is 13.8 Å². The van der Waals surface area contributed by atoms with Gasteiger partial charge in [0.05, 0.1) is 0 Å². The predicted octanol–water partition coefficient (Wildman–Crippen LogP) is 0.524. The van der Waals surface area contributed by atoms with Crippen LogP contribution >= 0.6 is 0 Å². The van der Waals surface area contributed by atoms with Crippen LogP contribution in [0.2, 0.25) is 0 Å². The van der Waals surface area contributed by atoms with E-state index in [1.807, 2.05) is 11.8 Å². The number of hydrogen-bond acceptors (Lipinski definition) is 3. The van der Waals surface area contributed by atoms with Crippen LogP contribution in [0, 0.1) is 5.92 Å². The van der Waals surface area contributed by atoms with Crippen LogP contribution in [0.5, 0.6) is 0 Å². The summed E-state index contributed by atoms with van der Waals surface area (Å²) in [6.45, 7) is 10.8. The number of nitrogens with two attached hydrogens (primary N) is 1. The molecule has 0 spiro atoms. The summed E-state index contributed by atoms with van der Waals surface area (Å²) >= 11 is 0. The summed E-state index contributed by atoms with van der Waals surface area (Å²) in [6, 6.07) is 0.482. The second-order valence-electron chi connectivity index (χ2n) is 4.86. The Bertz CT molecular complexity index is 232. The number of rotatable bonds is 4. The van der Waals surface area contributed by atoms with Crippen molar-refractivity contribution in [1.82, 2.24) is 9.80 Å². The normalized spacial score (nSPS) is 24.5. The molecule has 0 saturated carbocycles. The van der Waals surface area contributed by atoms with Crippen LogP contribution in [0.25, 0.3) is 0 Å². The Labute approximate surface area is 98.8 Å². The summed E-state index contributed by atoms with van der Waals surface area (Å²) < 4.78 is 0. The molecule has 1 heterocycles. The molecule has 2 atom stereocenters. The van der Waals surface area contributed by atoms with E-state index in [1.165, 1.54) is 0 Å². The molecule has 16 heavy (non-hydrogen) atoms. The van der Waals surface area contributed by atoms with Crippen LogP contribution in [0.1, 0.15) is 27.2 Å². The average molecular weight is 227 g/mol. The highest BCUT2D eigenvalue weighted by atomic mass is 16.2. The summed E-state index contributed by atoms with van der Waals surface area (Å²) in [5, 5.41) is 0. The van der Waals surface area contributed by atoms with Crippen molar-refractivity contribution in [3.63, 3.8) is 0 Å². The molecule has 1 aliphatic heterocycles. The van der Waals surface area contributed by atoms with Crippen molar-refractivity contribution in [1.29, 1.82) is 0 Å². The quantitative estimate of drug-likeness (QED) is 0.762. The molecule has 1 rings (SSSR count). The van der Waals surface area contributed by atoms with Gasteiger partial charge in [0.2, 0.25) is 5.91 Å². The average Bonchev–Trinajstić information content (AvgIpc) is 2.28. The fourth-order valence-electron chi connectivity index (χ4n) is 2.20. The first-order chi connectivity index (χ1) is 7.58. The monoisotopic (exact) mass is 227 g/mol. The number of amides is 1. The Hall–Kier alpha value is -0.610. The smallest absolute Gasteiger partial charge is 0.222 e. The summed E-state index contributed by atoms with van der Waals surface area (Å²) in [6.07, 6.45) is 0.593. The number of hydrogen-bond donors (Lipinski definition) is 1. The lowest BCUT2D eigenvalue weighted by atomic mass is 10.1. The predicted molar refractivity (Wildman–Crippen MR) is 66.1 cm³/mol. The molecule has 0 aromatic rings. The van der Waals surface area contributed by atoms with E-state index in [4.69, 9.17) is 5.73 Å². The third-order valence-electron chi connectivity index (χ3n) is 3.45. The van der Waals surface area contributed by atoms with E-state index in [2.05, 4.69) is 18.7 Å². The summed E-state index contributed by atoms with van der Waals surface area (Å²) in [4.78, 5) is 16.4. The molecule has 94 valence electrons. The Balaban J connectivity index is 2.42. The summed E-state index contributed by atoms with van der Waals surface area (Å²) in [5.41, 5.74) is 5.54. The molecule has 1 saturated heterocycles. The first kappa shape index (κ1) is 13.5. The first-order valence-corrected chi connectivity index (χ1v) is 6.30. The molecule has 0 bridgehead atoms. The van der Waals surface area contributed by atoms with Gasteiger partial charge in [-0.3, -0.25) is 9.69 Å². The van der Waals surface area contributed by atoms with Crippen molar-refractivity contribution in [3.05, 3.63) is 0 Å². The van der Waals surface area contributed by atoms with Gasteiger partial charge in [0.15, 0.2) is 0 Å². The lowest BCUT2D eigenvalue weighted by Crippen LogP contribution is -2.53. The molecular formula is C12H25N3O. The third kappa shape index (κ3) is 3.46. The van der Waals surface area contributed by atoms with Crippen LogP contribution in [0.15, 0.2) is 0 Å². The molecule has 2 unspecified atom stereocenters. The molecule has 0 aromatic carbocycles. The van der Waals surface area contributed by atoms with Crippen molar-refractivity contribution in [2.45, 2.75) is 33.2 Å².